The minimum Gasteiger partial charge on any atom is -0.870 e. The van der Waals surface area contributed by atoms with Crippen molar-refractivity contribution in [3.05, 3.63) is 0 Å². The Labute approximate surface area is 51.0 Å². The molecule has 0 rings (SSSR count). The molecule has 0 spiro atoms. The van der Waals surface area contributed by atoms with Crippen LogP contribution in [0.3, 0.4) is 0 Å². The Morgan fingerprint density at radius 2 is 0.500 bits per heavy atom. The van der Waals surface area contributed by atoms with E-state index < -0.39 is 0 Å². The quantitative estimate of drug-likeness (QED) is 0.302. The Bertz CT molecular complexity index is 3.90. The first kappa shape index (κ1) is 635. The number of rotatable bonds is 0. The zero-order valence-electron chi connectivity index (χ0n) is 3.10. The molecule has 8 N–H and O–H groups in total. The summed E-state index contributed by atoms with van der Waals surface area (Å²) in [5, 5.41) is 0. The van der Waals surface area contributed by atoms with Gasteiger partial charge in [0, 0.05) is 0 Å². The van der Waals surface area contributed by atoms with E-state index in [0.717, 1.165) is 0 Å². The summed E-state index contributed by atoms with van der Waals surface area (Å²) < 4.78 is 0. The van der Waals surface area contributed by atoms with Crippen LogP contribution in [0.5, 0.6) is 0 Å². The summed E-state index contributed by atoms with van der Waals surface area (Å²) in [7, 11) is 0. The van der Waals surface area contributed by atoms with Crippen LogP contribution in [-0.4, -0.2) is 50.4 Å². The molecule has 6 heavy (non-hydrogen) atoms. The molecule has 0 amide bonds. The van der Waals surface area contributed by atoms with Crippen molar-refractivity contribution in [1.82, 2.24) is 0 Å². The molecule has 0 heterocycles. The molecule has 6 heteroatoms. The largest absolute Gasteiger partial charge is 2.00 e. The molecule has 0 bridgehead atoms. The van der Waals surface area contributed by atoms with Gasteiger partial charge in [-0.1, -0.05) is 0 Å². The average molecular weight is 112 g/mol. The maximum Gasteiger partial charge on any atom is 2.00 e. The summed E-state index contributed by atoms with van der Waals surface area (Å²) >= 11 is 0. The van der Waals surface area contributed by atoms with E-state index in [1.54, 1.807) is 0 Å². The van der Waals surface area contributed by atoms with Gasteiger partial charge >= 0.3 is 23.1 Å². The van der Waals surface area contributed by atoms with Gasteiger partial charge in [-0.25, -0.2) is 0 Å². The third kappa shape index (κ3) is 181. The first-order valence-electron chi connectivity index (χ1n) is 0. The monoisotopic (exact) mass is 112 g/mol. The Morgan fingerprint density at radius 1 is 0.500 bits per heavy atom. The maximum atomic E-state index is 0. The molecule has 0 aromatic heterocycles. The van der Waals surface area contributed by atoms with Gasteiger partial charge in [0.15, 0.2) is 0 Å². The first-order chi connectivity index (χ1) is 0. The Morgan fingerprint density at radius 3 is 0.500 bits per heavy atom. The molecule has 0 saturated heterocycles. The van der Waals surface area contributed by atoms with Gasteiger partial charge in [0.2, 0.25) is 0 Å². The summed E-state index contributed by atoms with van der Waals surface area (Å²) in [5.41, 5.74) is 0. The summed E-state index contributed by atoms with van der Waals surface area (Å²) in [4.78, 5) is 0. The van der Waals surface area contributed by atoms with Crippen molar-refractivity contribution in [1.29, 1.82) is 0 Å². The van der Waals surface area contributed by atoms with Crippen molar-refractivity contribution in [2.24, 2.45) is 0 Å². The van der Waals surface area contributed by atoms with Crippen molar-refractivity contribution in [2.75, 3.05) is 0 Å². The van der Waals surface area contributed by atoms with Crippen LogP contribution in [0.2, 0.25) is 0 Å². The van der Waals surface area contributed by atoms with Gasteiger partial charge in [-0.05, 0) is 0 Å². The molecule has 40 valence electrons. The third-order valence-electron chi connectivity index (χ3n) is 0. The van der Waals surface area contributed by atoms with E-state index >= 15 is 0 Å². The Balaban J connectivity index is 0. The third-order valence-corrected chi connectivity index (χ3v) is 0. The van der Waals surface area contributed by atoms with Gasteiger partial charge < -0.3 is 27.4 Å². The van der Waals surface area contributed by atoms with Crippen LogP contribution in [0.1, 0.15) is 0 Å². The van der Waals surface area contributed by atoms with Crippen LogP contribution in [0.15, 0.2) is 0 Å². The molecule has 0 saturated carbocycles. The zero-order valence-corrected chi connectivity index (χ0v) is 4.52. The minimum atomic E-state index is 0. The molecule has 0 aromatic rings. The van der Waals surface area contributed by atoms with Crippen LogP contribution in [-0.2, 0) is 0 Å². The van der Waals surface area contributed by atoms with Gasteiger partial charge in [-0.2, -0.15) is 0 Å². The molecule has 0 aliphatic heterocycles. The predicted molar refractivity (Wildman–Crippen MR) is 20.5 cm³/mol. The second-order valence-corrected chi connectivity index (χ2v) is 0. The van der Waals surface area contributed by atoms with Crippen LogP contribution in [0, 0.1) is 0 Å². The number of hydrogen-bond donors (Lipinski definition) is 0. The van der Waals surface area contributed by atoms with E-state index in [9.17, 15) is 0 Å². The summed E-state index contributed by atoms with van der Waals surface area (Å²) in [5.74, 6) is 0. The second kappa shape index (κ2) is 362. The second-order valence-electron chi connectivity index (χ2n) is 0. The minimum absolute atomic E-state index is 0. The SMILES string of the molecule is O.O.O.[Mg+2].[OH-].[OH-]. The Hall–Kier alpha value is 0.566. The van der Waals surface area contributed by atoms with Gasteiger partial charge in [0.1, 0.15) is 0 Å². The number of hydrogen-bond acceptors (Lipinski definition) is 2. The van der Waals surface area contributed by atoms with Gasteiger partial charge in [0.05, 0.1) is 0 Å². The van der Waals surface area contributed by atoms with Gasteiger partial charge in [-0.15, -0.1) is 0 Å². The van der Waals surface area contributed by atoms with Crippen molar-refractivity contribution in [3.8, 4) is 0 Å². The van der Waals surface area contributed by atoms with E-state index in [2.05, 4.69) is 0 Å². The zero-order chi connectivity index (χ0) is 0. The summed E-state index contributed by atoms with van der Waals surface area (Å²) in [6, 6.07) is 0. The smallest absolute Gasteiger partial charge is 0.870 e. The van der Waals surface area contributed by atoms with Crippen LogP contribution < -0.4 is 0 Å². The van der Waals surface area contributed by atoms with Crippen LogP contribution >= 0.6 is 0 Å². The molecule has 0 aliphatic rings. The van der Waals surface area contributed by atoms with Crippen molar-refractivity contribution in [3.63, 3.8) is 0 Å². The molecular weight excluding hydrogens is 104 g/mol. The molecule has 0 fully saturated rings. The fourth-order valence-electron chi connectivity index (χ4n) is 0. The normalized spacial score (nSPS) is 0. The Kier molecular flexibility index (Phi) is 38300. The molecule has 0 aliphatic carbocycles. The molecular formula is H8MgO5. The van der Waals surface area contributed by atoms with Crippen molar-refractivity contribution < 1.29 is 27.4 Å². The first-order valence-corrected chi connectivity index (χ1v) is 0. The maximum absolute atomic E-state index is 0. The fourth-order valence-corrected chi connectivity index (χ4v) is 0. The van der Waals surface area contributed by atoms with Crippen LogP contribution in [0.4, 0.5) is 0 Å². The molecule has 0 aromatic carbocycles. The molecule has 0 unspecified atom stereocenters. The fraction of sp³-hybridized carbons (Fsp3) is 0. The average Bonchev–Trinajstić information content (AvgIpc) is 0. The van der Waals surface area contributed by atoms with Crippen molar-refractivity contribution in [2.45, 2.75) is 0 Å². The molecule has 5 nitrogen and oxygen atoms in total. The standard InChI is InChI=1S/Mg.5H2O/h;5*1H2/q+2;;;;;/p-2. The van der Waals surface area contributed by atoms with E-state index in [4.69, 9.17) is 0 Å². The van der Waals surface area contributed by atoms with Gasteiger partial charge in [-0.3, -0.25) is 0 Å². The van der Waals surface area contributed by atoms with Crippen molar-refractivity contribution >= 4 is 23.1 Å². The molecule has 0 atom stereocenters. The molecule has 0 radical (unpaired) electrons. The predicted octanol–water partition coefficient (Wildman–Crippen LogP) is -3.21. The topological polar surface area (TPSA) is 154 Å². The van der Waals surface area contributed by atoms with E-state index in [0.29, 0.717) is 0 Å². The van der Waals surface area contributed by atoms with E-state index in [1.807, 2.05) is 0 Å². The summed E-state index contributed by atoms with van der Waals surface area (Å²) in [6.45, 7) is 0. The van der Waals surface area contributed by atoms with Crippen LogP contribution in [0.25, 0.3) is 0 Å². The van der Waals surface area contributed by atoms with Gasteiger partial charge in [0.25, 0.3) is 0 Å². The van der Waals surface area contributed by atoms with E-state index in [1.165, 1.54) is 0 Å². The summed E-state index contributed by atoms with van der Waals surface area (Å²) in [6.07, 6.45) is 0. The van der Waals surface area contributed by atoms with E-state index in [-0.39, 0.29) is 50.4 Å².